The number of nitrogens with zero attached hydrogens (tertiary/aromatic N) is 1. The van der Waals surface area contributed by atoms with Crippen LogP contribution in [0.5, 0.6) is 0 Å². The van der Waals surface area contributed by atoms with Crippen molar-refractivity contribution in [1.82, 2.24) is 4.90 Å². The fourth-order valence-corrected chi connectivity index (χ4v) is 12.3. The highest BCUT2D eigenvalue weighted by Crippen LogP contribution is 2.58. The molecule has 0 aliphatic carbocycles. The summed E-state index contributed by atoms with van der Waals surface area (Å²) in [4.78, 5) is 29.6. The van der Waals surface area contributed by atoms with Crippen LogP contribution in [0.3, 0.4) is 0 Å². The number of amides is 1. The van der Waals surface area contributed by atoms with Gasteiger partial charge >= 0.3 is 5.97 Å². The van der Waals surface area contributed by atoms with Crippen LogP contribution in [0.15, 0.2) is 163 Å². The molecule has 5 aromatic carbocycles. The van der Waals surface area contributed by atoms with Gasteiger partial charge < -0.3 is 34.4 Å². The van der Waals surface area contributed by atoms with Crippen molar-refractivity contribution in [1.29, 1.82) is 0 Å². The van der Waals surface area contributed by atoms with E-state index in [1.165, 1.54) is 15.9 Å². The van der Waals surface area contributed by atoms with E-state index in [-0.39, 0.29) is 47.7 Å². The Bertz CT molecular complexity index is 1730. The van der Waals surface area contributed by atoms with Crippen molar-refractivity contribution in [2.75, 3.05) is 11.9 Å². The lowest BCUT2D eigenvalue weighted by atomic mass is 10.0. The summed E-state index contributed by atoms with van der Waals surface area (Å²) in [6.45, 7) is 0. The molecule has 2 atom stereocenters. The molecule has 0 saturated carbocycles. The number of fused-ring (bicyclic) bond motifs is 1. The minimum Gasteiger partial charge on any atom is -1.00 e. The number of ether oxygens (including phenoxy) is 1. The third-order valence-electron chi connectivity index (χ3n) is 8.73. The van der Waals surface area contributed by atoms with Crippen LogP contribution in [0, 0.1) is 0 Å². The summed E-state index contributed by atoms with van der Waals surface area (Å²) in [5.74, 6) is -0.187. The maximum atomic E-state index is 14.6. The summed E-state index contributed by atoms with van der Waals surface area (Å²) in [5, 5.41) is 3.32. The van der Waals surface area contributed by atoms with E-state index in [4.69, 9.17) is 10.5 Å². The summed E-state index contributed by atoms with van der Waals surface area (Å²) in [6, 6.07) is 50.5. The molecule has 2 N–H and O–H groups in total. The van der Waals surface area contributed by atoms with Crippen molar-refractivity contribution in [2.24, 2.45) is 5.73 Å². The molecule has 1 unspecified atom stereocenters. The molecule has 0 spiro atoms. The lowest BCUT2D eigenvalue weighted by Gasteiger charge is -2.48. The average Bonchev–Trinajstić information content (AvgIpc) is 3.14. The van der Waals surface area contributed by atoms with Crippen molar-refractivity contribution in [3.63, 3.8) is 0 Å². The topological polar surface area (TPSA) is 72.6 Å². The first-order chi connectivity index (χ1) is 22.6. The quantitative estimate of drug-likeness (QED) is 0.107. The summed E-state index contributed by atoms with van der Waals surface area (Å²) in [6.07, 6.45) is -0.0612. The van der Waals surface area contributed by atoms with Gasteiger partial charge in [0.05, 0.1) is 6.16 Å². The van der Waals surface area contributed by atoms with Gasteiger partial charge in [0, 0.05) is 11.3 Å². The molecule has 1 fully saturated rings. The number of carbonyl (C=O) groups is 2. The molecule has 2 heterocycles. The number of carbonyl (C=O) groups excluding carboxylic acids is 2. The molecule has 2 aliphatic heterocycles. The highest BCUT2D eigenvalue weighted by molar-refractivity contribution is 8.00. The van der Waals surface area contributed by atoms with Crippen LogP contribution in [0.4, 0.5) is 0 Å². The maximum absolute atomic E-state index is 14.6. The second-order valence-corrected chi connectivity index (χ2v) is 16.1. The van der Waals surface area contributed by atoms with E-state index in [2.05, 4.69) is 72.8 Å². The summed E-state index contributed by atoms with van der Waals surface area (Å²) >= 11 is 1.62. The van der Waals surface area contributed by atoms with Crippen molar-refractivity contribution < 1.29 is 38.3 Å². The Labute approximate surface area is 309 Å². The van der Waals surface area contributed by atoms with Crippen LogP contribution in [-0.4, -0.2) is 40.1 Å². The molecule has 48 heavy (non-hydrogen) atoms. The number of benzene rings is 5. The zero-order valence-electron chi connectivity index (χ0n) is 26.0. The Morgan fingerprint density at radius 2 is 1.12 bits per heavy atom. The molecular weight excluding hydrogens is 770 g/mol. The van der Waals surface area contributed by atoms with Crippen molar-refractivity contribution in [3.05, 3.63) is 174 Å². The van der Waals surface area contributed by atoms with Gasteiger partial charge in [0.2, 0.25) is 5.91 Å². The molecular formula is C39H35ClIN2O3PS. The lowest BCUT2D eigenvalue weighted by molar-refractivity contribution is -0.153. The normalized spacial score (nSPS) is 17.0. The van der Waals surface area contributed by atoms with Gasteiger partial charge in [0.25, 0.3) is 0 Å². The third kappa shape index (κ3) is 6.72. The van der Waals surface area contributed by atoms with Gasteiger partial charge in [0.15, 0.2) is 6.10 Å². The molecule has 5 aromatic rings. The van der Waals surface area contributed by atoms with E-state index in [1.807, 2.05) is 78.9 Å². The van der Waals surface area contributed by atoms with Gasteiger partial charge in [-0.05, 0) is 47.5 Å². The first kappa shape index (κ1) is 35.8. The summed E-state index contributed by atoms with van der Waals surface area (Å²) < 4.78 is 6.43. The van der Waals surface area contributed by atoms with Crippen molar-refractivity contribution in [2.45, 2.75) is 17.5 Å². The molecule has 0 radical (unpaired) electrons. The van der Waals surface area contributed by atoms with Gasteiger partial charge in [-0.3, -0.25) is 9.69 Å². The van der Waals surface area contributed by atoms with Crippen LogP contribution in [-0.2, 0) is 14.3 Å². The molecule has 0 bridgehead atoms. The van der Waals surface area contributed by atoms with Gasteiger partial charge in [-0.2, -0.15) is 0 Å². The molecule has 244 valence electrons. The average molecular weight is 805 g/mol. The van der Waals surface area contributed by atoms with Crippen LogP contribution in [0.1, 0.15) is 17.2 Å². The largest absolute Gasteiger partial charge is 1.00 e. The number of esters is 1. The van der Waals surface area contributed by atoms with Crippen LogP contribution < -0.4 is 45.6 Å². The Hall–Kier alpha value is -3.46. The highest BCUT2D eigenvalue weighted by Gasteiger charge is 2.55. The number of hydrogen-bond donors (Lipinski definition) is 1. The SMILES string of the molecule is Cl.NC1C(=O)N2C(C(=O)OC(c3ccccc3)c3ccccc3)=C(C[P+](c3ccccc3)(c3ccccc3)c3ccccc3)CS[C@H]12.[I-]. The Morgan fingerprint density at radius 1 is 0.729 bits per heavy atom. The minimum absolute atomic E-state index is 0. The number of halogens is 2. The van der Waals surface area contributed by atoms with Gasteiger partial charge in [0.1, 0.15) is 40.3 Å². The second kappa shape index (κ2) is 15.8. The molecule has 1 saturated heterocycles. The van der Waals surface area contributed by atoms with Crippen molar-refractivity contribution >= 4 is 59.2 Å². The van der Waals surface area contributed by atoms with Gasteiger partial charge in [-0.15, -0.1) is 24.2 Å². The predicted molar refractivity (Wildman–Crippen MR) is 196 cm³/mol. The van der Waals surface area contributed by atoms with Gasteiger partial charge in [-0.1, -0.05) is 115 Å². The Balaban J connectivity index is 0.00000225. The fraction of sp³-hybridized carbons (Fsp3) is 0.128. The number of hydrogen-bond acceptors (Lipinski definition) is 5. The number of thioether (sulfide) groups is 1. The minimum atomic E-state index is -2.35. The fourth-order valence-electron chi connectivity index (χ4n) is 6.49. The number of rotatable bonds is 9. The third-order valence-corrected chi connectivity index (χ3v) is 14.5. The molecule has 1 amide bonds. The zero-order valence-corrected chi connectivity index (χ0v) is 30.7. The van der Waals surface area contributed by atoms with Crippen LogP contribution >= 0.6 is 31.4 Å². The first-order valence-corrected chi connectivity index (χ1v) is 18.4. The van der Waals surface area contributed by atoms with Crippen LogP contribution in [0.25, 0.3) is 0 Å². The predicted octanol–water partition coefficient (Wildman–Crippen LogP) is 3.24. The smallest absolute Gasteiger partial charge is 0.356 e. The van der Waals surface area contributed by atoms with E-state index in [0.29, 0.717) is 17.6 Å². The van der Waals surface area contributed by atoms with Gasteiger partial charge in [-0.25, -0.2) is 4.79 Å². The maximum Gasteiger partial charge on any atom is 0.356 e. The first-order valence-electron chi connectivity index (χ1n) is 15.4. The monoisotopic (exact) mass is 804 g/mol. The summed E-state index contributed by atoms with van der Waals surface area (Å²) in [7, 11) is -2.35. The Kier molecular flexibility index (Phi) is 11.8. The molecule has 9 heteroatoms. The van der Waals surface area contributed by atoms with E-state index in [0.717, 1.165) is 16.7 Å². The van der Waals surface area contributed by atoms with E-state index in [9.17, 15) is 9.59 Å². The lowest BCUT2D eigenvalue weighted by Crippen LogP contribution is -3.00. The highest BCUT2D eigenvalue weighted by atomic mass is 127. The number of nitrogens with two attached hydrogens (primary N) is 1. The number of β-lactam (4-membered cyclic amide) rings is 1. The molecule has 7 rings (SSSR count). The molecule has 2 aliphatic rings. The molecule has 5 nitrogen and oxygen atoms in total. The van der Waals surface area contributed by atoms with Crippen LogP contribution in [0.2, 0.25) is 0 Å². The molecule has 0 aromatic heterocycles. The zero-order chi connectivity index (χ0) is 31.5. The van der Waals surface area contributed by atoms with Crippen molar-refractivity contribution in [3.8, 4) is 0 Å². The second-order valence-electron chi connectivity index (χ2n) is 11.5. The Morgan fingerprint density at radius 3 is 1.54 bits per heavy atom. The van der Waals surface area contributed by atoms with E-state index in [1.54, 1.807) is 16.7 Å². The standard InChI is InChI=1S/C39H34N2O3PS.ClH.HI/c40-34-37(42)41-35(39(43)44-36(28-16-6-1-7-17-28)29-18-8-2-9-19-29)30(27-46-38(34)41)26-45(31-20-10-3-11-21-31,32-22-12-4-13-23-32)33-24-14-5-15-25-33;;/h1-25,34,36,38H,26-27,40H2;2*1H/q+1;;/p-1/t34?,38-;;/m1../s1. The van der Waals surface area contributed by atoms with E-state index >= 15 is 0 Å². The van der Waals surface area contributed by atoms with E-state index < -0.39 is 25.4 Å². The summed E-state index contributed by atoms with van der Waals surface area (Å²) in [5.41, 5.74) is 9.24.